The van der Waals surface area contributed by atoms with Gasteiger partial charge in [0.2, 0.25) is 0 Å². The van der Waals surface area contributed by atoms with Crippen LogP contribution >= 0.6 is 0 Å². The highest BCUT2D eigenvalue weighted by Gasteiger charge is 2.01. The molecule has 0 radical (unpaired) electrons. The average Bonchev–Trinajstić information content (AvgIpc) is 2.69. The van der Waals surface area contributed by atoms with Gasteiger partial charge < -0.3 is 15.4 Å². The molecule has 0 atom stereocenters. The third-order valence-corrected chi connectivity index (χ3v) is 4.02. The van der Waals surface area contributed by atoms with Crippen molar-refractivity contribution >= 4 is 5.96 Å². The monoisotopic (exact) mass is 354 g/mol. The Hall–Kier alpha value is -2.56. The smallest absolute Gasteiger partial charge is 0.191 e. The van der Waals surface area contributed by atoms with Crippen molar-refractivity contribution in [2.75, 3.05) is 13.6 Å². The van der Waals surface area contributed by atoms with E-state index in [2.05, 4.69) is 33.6 Å². The van der Waals surface area contributed by atoms with Crippen molar-refractivity contribution < 1.29 is 4.74 Å². The zero-order valence-corrected chi connectivity index (χ0v) is 15.9. The molecule has 26 heavy (non-hydrogen) atoms. The molecular formula is C21H30N4O. The number of benzene rings is 1. The molecule has 0 saturated heterocycles. The number of hydrogen-bond acceptors (Lipinski definition) is 3. The van der Waals surface area contributed by atoms with Gasteiger partial charge in [-0.15, -0.1) is 0 Å². The van der Waals surface area contributed by atoms with Crippen molar-refractivity contribution in [2.24, 2.45) is 4.99 Å². The van der Waals surface area contributed by atoms with Crippen LogP contribution in [0.2, 0.25) is 0 Å². The van der Waals surface area contributed by atoms with Gasteiger partial charge in [0, 0.05) is 26.3 Å². The molecule has 2 rings (SSSR count). The van der Waals surface area contributed by atoms with Crippen molar-refractivity contribution in [1.82, 2.24) is 15.6 Å². The molecule has 2 aromatic rings. The van der Waals surface area contributed by atoms with Crippen LogP contribution in [-0.4, -0.2) is 24.5 Å². The fraction of sp³-hybridized carbons (Fsp3) is 0.429. The van der Waals surface area contributed by atoms with Crippen LogP contribution in [0.3, 0.4) is 0 Å². The molecule has 0 aliphatic heterocycles. The lowest BCUT2D eigenvalue weighted by Crippen LogP contribution is -2.37. The molecule has 0 bridgehead atoms. The molecule has 2 N–H and O–H groups in total. The molecule has 0 spiro atoms. The van der Waals surface area contributed by atoms with Gasteiger partial charge in [0.15, 0.2) is 5.96 Å². The lowest BCUT2D eigenvalue weighted by Gasteiger charge is -2.13. The Morgan fingerprint density at radius 3 is 2.77 bits per heavy atom. The summed E-state index contributed by atoms with van der Waals surface area (Å²) in [5.74, 6) is 1.68. The molecule has 1 aromatic carbocycles. The predicted molar refractivity (Wildman–Crippen MR) is 107 cm³/mol. The van der Waals surface area contributed by atoms with Crippen LogP contribution in [0, 0.1) is 0 Å². The normalized spacial score (nSPS) is 11.2. The summed E-state index contributed by atoms with van der Waals surface area (Å²) in [5, 5.41) is 6.71. The second-order valence-electron chi connectivity index (χ2n) is 6.17. The lowest BCUT2D eigenvalue weighted by molar-refractivity contribution is 0.301. The number of aliphatic imine (C=N–C) groups is 1. The van der Waals surface area contributed by atoms with E-state index in [0.29, 0.717) is 13.2 Å². The van der Waals surface area contributed by atoms with Gasteiger partial charge in [-0.2, -0.15) is 0 Å². The van der Waals surface area contributed by atoms with E-state index in [1.165, 1.54) is 25.7 Å². The highest BCUT2D eigenvalue weighted by atomic mass is 16.5. The Balaban J connectivity index is 1.76. The Labute approximate surface area is 156 Å². The van der Waals surface area contributed by atoms with Gasteiger partial charge >= 0.3 is 0 Å². The first-order valence-corrected chi connectivity index (χ1v) is 9.38. The van der Waals surface area contributed by atoms with E-state index in [9.17, 15) is 0 Å². The third kappa shape index (κ3) is 7.55. The van der Waals surface area contributed by atoms with E-state index >= 15 is 0 Å². The zero-order valence-electron chi connectivity index (χ0n) is 15.9. The summed E-state index contributed by atoms with van der Waals surface area (Å²) in [7, 11) is 1.80. The minimum Gasteiger partial charge on any atom is -0.487 e. The number of pyridine rings is 1. The highest BCUT2D eigenvalue weighted by Crippen LogP contribution is 2.14. The summed E-state index contributed by atoms with van der Waals surface area (Å²) in [6, 6.07) is 13.9. The van der Waals surface area contributed by atoms with Gasteiger partial charge in [0.1, 0.15) is 12.4 Å². The molecule has 0 unspecified atom stereocenters. The van der Waals surface area contributed by atoms with Crippen LogP contribution in [0.1, 0.15) is 43.9 Å². The Bertz CT molecular complexity index is 658. The summed E-state index contributed by atoms with van der Waals surface area (Å²) in [6.45, 7) is 4.35. The first kappa shape index (κ1) is 19.8. The topological polar surface area (TPSA) is 58.5 Å². The van der Waals surface area contributed by atoms with Gasteiger partial charge in [-0.3, -0.25) is 9.98 Å². The van der Waals surface area contributed by atoms with Crippen LogP contribution in [0.4, 0.5) is 0 Å². The van der Waals surface area contributed by atoms with E-state index in [1.54, 1.807) is 13.2 Å². The Morgan fingerprint density at radius 2 is 2.00 bits per heavy atom. The molecule has 0 fully saturated rings. The molecule has 5 nitrogen and oxygen atoms in total. The highest BCUT2D eigenvalue weighted by molar-refractivity contribution is 5.79. The number of unbranched alkanes of at least 4 members (excludes halogenated alkanes) is 3. The number of guanidine groups is 1. The van der Waals surface area contributed by atoms with Gasteiger partial charge in [-0.05, 0) is 36.2 Å². The number of nitrogens with one attached hydrogen (secondary N) is 2. The summed E-state index contributed by atoms with van der Waals surface area (Å²) in [6.07, 6.45) is 6.76. The van der Waals surface area contributed by atoms with Crippen molar-refractivity contribution in [3.8, 4) is 5.75 Å². The number of rotatable bonds is 10. The molecule has 5 heteroatoms. The summed E-state index contributed by atoms with van der Waals surface area (Å²) in [4.78, 5) is 8.55. The van der Waals surface area contributed by atoms with E-state index < -0.39 is 0 Å². The Kier molecular flexibility index (Phi) is 9.05. The fourth-order valence-electron chi connectivity index (χ4n) is 2.55. The van der Waals surface area contributed by atoms with Crippen LogP contribution in [-0.2, 0) is 13.2 Å². The lowest BCUT2D eigenvalue weighted by atomic mass is 10.2. The quantitative estimate of drug-likeness (QED) is 0.386. The maximum atomic E-state index is 5.83. The largest absolute Gasteiger partial charge is 0.487 e. The standard InChI is InChI=1S/C21H30N4O/c1-3-4-5-7-14-24-21(22-2)25-16-18-10-9-12-20(15-18)26-17-19-11-6-8-13-23-19/h6,8-13,15H,3-5,7,14,16-17H2,1-2H3,(H2,22,24,25). The second kappa shape index (κ2) is 11.9. The number of ether oxygens (including phenoxy) is 1. The van der Waals surface area contributed by atoms with Gasteiger partial charge in [-0.25, -0.2) is 0 Å². The first-order chi connectivity index (χ1) is 12.8. The van der Waals surface area contributed by atoms with Crippen LogP contribution in [0.5, 0.6) is 5.75 Å². The van der Waals surface area contributed by atoms with Gasteiger partial charge in [0.25, 0.3) is 0 Å². The van der Waals surface area contributed by atoms with Crippen molar-refractivity contribution in [3.05, 3.63) is 59.9 Å². The van der Waals surface area contributed by atoms with E-state index in [4.69, 9.17) is 4.74 Å². The number of hydrogen-bond donors (Lipinski definition) is 2. The molecule has 0 saturated carbocycles. The van der Waals surface area contributed by atoms with Gasteiger partial charge in [-0.1, -0.05) is 44.4 Å². The third-order valence-electron chi connectivity index (χ3n) is 4.02. The zero-order chi connectivity index (χ0) is 18.5. The van der Waals surface area contributed by atoms with E-state index in [0.717, 1.165) is 29.5 Å². The summed E-state index contributed by atoms with van der Waals surface area (Å²) in [5.41, 5.74) is 2.07. The molecule has 1 heterocycles. The fourth-order valence-corrected chi connectivity index (χ4v) is 2.55. The SMILES string of the molecule is CCCCCCNC(=NC)NCc1cccc(OCc2ccccn2)c1. The maximum absolute atomic E-state index is 5.83. The van der Waals surface area contributed by atoms with E-state index in [-0.39, 0.29) is 0 Å². The Morgan fingerprint density at radius 1 is 1.08 bits per heavy atom. The van der Waals surface area contributed by atoms with Crippen LogP contribution < -0.4 is 15.4 Å². The van der Waals surface area contributed by atoms with Crippen LogP contribution in [0.15, 0.2) is 53.7 Å². The molecule has 1 aromatic heterocycles. The van der Waals surface area contributed by atoms with E-state index in [1.807, 2.05) is 36.4 Å². The van der Waals surface area contributed by atoms with Crippen molar-refractivity contribution in [2.45, 2.75) is 45.8 Å². The number of aromatic nitrogens is 1. The van der Waals surface area contributed by atoms with Crippen molar-refractivity contribution in [3.63, 3.8) is 0 Å². The molecule has 0 aliphatic rings. The number of nitrogens with zero attached hydrogens (tertiary/aromatic N) is 2. The summed E-state index contributed by atoms with van der Waals surface area (Å²) < 4.78 is 5.83. The van der Waals surface area contributed by atoms with Gasteiger partial charge in [0.05, 0.1) is 5.69 Å². The summed E-state index contributed by atoms with van der Waals surface area (Å²) >= 11 is 0. The minimum atomic E-state index is 0.471. The first-order valence-electron chi connectivity index (χ1n) is 9.38. The molecule has 0 aliphatic carbocycles. The molecule has 140 valence electrons. The molecule has 0 amide bonds. The average molecular weight is 354 g/mol. The van der Waals surface area contributed by atoms with Crippen molar-refractivity contribution in [1.29, 1.82) is 0 Å². The minimum absolute atomic E-state index is 0.471. The van der Waals surface area contributed by atoms with Crippen LogP contribution in [0.25, 0.3) is 0 Å². The maximum Gasteiger partial charge on any atom is 0.191 e. The predicted octanol–water partition coefficient (Wildman–Crippen LogP) is 3.91. The molecular weight excluding hydrogens is 324 g/mol. The second-order valence-corrected chi connectivity index (χ2v) is 6.17.